The molecule has 0 rings (SSSR count). The number of nitrogens with zero attached hydrogens (tertiary/aromatic N) is 4. The maximum absolute atomic E-state index is 11.8. The van der Waals surface area contributed by atoms with Gasteiger partial charge in [-0.25, -0.2) is 0 Å². The smallest absolute Gasteiger partial charge is 0.225 e. The largest absolute Gasteiger partial charge is 1.00 e. The molecule has 0 radical (unpaired) electrons. The van der Waals surface area contributed by atoms with Gasteiger partial charge in [-0.05, 0) is 103 Å². The van der Waals surface area contributed by atoms with E-state index >= 15 is 0 Å². The second-order valence-electron chi connectivity index (χ2n) is 25.2. The number of carbonyl (C=O) groups excluding carboxylic acids is 4. The van der Waals surface area contributed by atoms with Crippen LogP contribution in [0.5, 0.6) is 0 Å². The van der Waals surface area contributed by atoms with Crippen LogP contribution in [0.2, 0.25) is 0 Å². The minimum Gasteiger partial charge on any atom is -1.00 e. The highest BCUT2D eigenvalue weighted by Gasteiger charge is 2.25. The lowest BCUT2D eigenvalue weighted by Crippen LogP contribution is -3.00. The average Bonchev–Trinajstić information content (AvgIpc) is 3.23. The molecule has 0 saturated heterocycles. The highest BCUT2D eigenvalue weighted by molar-refractivity contribution is 5.82. The van der Waals surface area contributed by atoms with Crippen LogP contribution in [-0.2, 0) is 19.2 Å². The SMILES string of the molecule is CCC(C)(C)C(=O)NCCCCCC[N+](C)(C)C.CCC(C)(C)C(=O)NCCCCC[N+](C)(C)C.CCC(C)C(=O)NCCCCCC[N+](C)(C)C.CCC(C)C(=O)NCCCCC[N+](C)(C)C.[Cl-].[Cl-].[Cl-].[Cl-]. The summed E-state index contributed by atoms with van der Waals surface area (Å²) < 4.78 is 4.14. The summed E-state index contributed by atoms with van der Waals surface area (Å²) >= 11 is 0. The van der Waals surface area contributed by atoms with E-state index in [1.54, 1.807) is 0 Å². The van der Waals surface area contributed by atoms with E-state index in [4.69, 9.17) is 0 Å². The minimum absolute atomic E-state index is 0. The van der Waals surface area contributed by atoms with E-state index in [0.717, 1.165) is 95.5 Å². The Kier molecular flexibility index (Phi) is 58.7. The minimum atomic E-state index is -0.220. The molecule has 0 aliphatic rings. The lowest BCUT2D eigenvalue weighted by atomic mass is 9.89. The highest BCUT2D eigenvalue weighted by atomic mass is 35.5. The maximum atomic E-state index is 11.8. The molecular weight excluding hydrogens is 990 g/mol. The van der Waals surface area contributed by atoms with Crippen molar-refractivity contribution in [3.05, 3.63) is 0 Å². The Hall–Kier alpha value is -1.12. The summed E-state index contributed by atoms with van der Waals surface area (Å²) in [6, 6.07) is 0. The van der Waals surface area contributed by atoms with Crippen LogP contribution in [0, 0.1) is 22.7 Å². The number of halogens is 4. The van der Waals surface area contributed by atoms with Crippen LogP contribution in [0.1, 0.15) is 185 Å². The molecule has 2 unspecified atom stereocenters. The van der Waals surface area contributed by atoms with Crippen LogP contribution in [-0.4, -0.2) is 178 Å². The first-order valence-corrected chi connectivity index (χ1v) is 27.4. The van der Waals surface area contributed by atoms with Crippen LogP contribution in [0.3, 0.4) is 0 Å². The molecule has 0 spiro atoms. The van der Waals surface area contributed by atoms with Gasteiger partial charge in [-0.15, -0.1) is 0 Å². The van der Waals surface area contributed by atoms with Crippen molar-refractivity contribution in [1.29, 1.82) is 0 Å². The zero-order chi connectivity index (χ0) is 53.7. The number of rotatable bonds is 34. The first-order valence-electron chi connectivity index (χ1n) is 27.4. The number of nitrogens with one attached hydrogen (secondary N) is 4. The first-order chi connectivity index (χ1) is 31.1. The Morgan fingerprint density at radius 2 is 0.542 bits per heavy atom. The average molecular weight is 1120 g/mol. The molecule has 2 atom stereocenters. The van der Waals surface area contributed by atoms with Crippen LogP contribution in [0.15, 0.2) is 0 Å². The summed E-state index contributed by atoms with van der Waals surface area (Å²) in [4.78, 5) is 46.5. The fourth-order valence-electron chi connectivity index (χ4n) is 6.25. The summed E-state index contributed by atoms with van der Waals surface area (Å²) in [7, 11) is 26.7. The third kappa shape index (κ3) is 63.2. The molecule has 0 aromatic heterocycles. The number of hydrogen-bond acceptors (Lipinski definition) is 4. The normalized spacial score (nSPS) is 12.3. The van der Waals surface area contributed by atoms with Crippen molar-refractivity contribution >= 4 is 23.6 Å². The van der Waals surface area contributed by atoms with Gasteiger partial charge in [0.2, 0.25) is 23.6 Å². The number of carbonyl (C=O) groups is 4. The van der Waals surface area contributed by atoms with Crippen molar-refractivity contribution in [1.82, 2.24) is 21.3 Å². The van der Waals surface area contributed by atoms with Crippen LogP contribution in [0.4, 0.5) is 0 Å². The van der Waals surface area contributed by atoms with E-state index < -0.39 is 0 Å². The van der Waals surface area contributed by atoms with Gasteiger partial charge in [-0.1, -0.05) is 82.1 Å². The predicted molar refractivity (Wildman–Crippen MR) is 295 cm³/mol. The standard InChI is InChI=1S/C15H32N2O.2C14H30N2O.C13H28N2O.4ClH/c1-7-15(2,3)14(18)16-12-10-8-9-11-13-17(4,5)6;1-7-14(2,3)13(17)15-11-9-8-10-12-16(4,5)6;1-6-13(2)14(17)15-11-9-7-8-10-12-16(3,4)5;1-6-12(2)13(16)14-10-8-7-9-11-15(3,4)5;;;;/h7-13H2,1-6H3;7-12H2,1-6H3;13H,6-12H2,1-5H3;12H,6-11H2,1-5H3;4*1H. The van der Waals surface area contributed by atoms with Crippen molar-refractivity contribution in [2.24, 2.45) is 22.7 Å². The van der Waals surface area contributed by atoms with Gasteiger partial charge in [0.15, 0.2) is 0 Å². The molecule has 440 valence electrons. The van der Waals surface area contributed by atoms with Crippen molar-refractivity contribution < 1.29 is 86.7 Å². The molecule has 0 aliphatic carbocycles. The van der Waals surface area contributed by atoms with E-state index in [1.807, 2.05) is 48.5 Å². The summed E-state index contributed by atoms with van der Waals surface area (Å²) in [6.45, 7) is 28.4. The van der Waals surface area contributed by atoms with E-state index in [0.29, 0.717) is 0 Å². The van der Waals surface area contributed by atoms with E-state index in [1.165, 1.54) is 90.4 Å². The third-order valence-corrected chi connectivity index (χ3v) is 12.8. The predicted octanol–water partition coefficient (Wildman–Crippen LogP) is -2.32. The van der Waals surface area contributed by atoms with Crippen molar-refractivity contribution in [2.75, 3.05) is 137 Å². The molecule has 72 heavy (non-hydrogen) atoms. The fourth-order valence-corrected chi connectivity index (χ4v) is 6.25. The molecular formula is C56H124Cl4N8O4. The van der Waals surface area contributed by atoms with E-state index in [-0.39, 0.29) is 95.9 Å². The van der Waals surface area contributed by atoms with Gasteiger partial charge < -0.3 is 88.8 Å². The topological polar surface area (TPSA) is 116 Å². The second-order valence-corrected chi connectivity index (χ2v) is 25.2. The Morgan fingerprint density at radius 3 is 0.736 bits per heavy atom. The molecule has 0 aromatic carbocycles. The fraction of sp³-hybridized carbons (Fsp3) is 0.929. The Balaban J connectivity index is -0.000000124. The molecule has 4 N–H and O–H groups in total. The maximum Gasteiger partial charge on any atom is 0.225 e. The van der Waals surface area contributed by atoms with Crippen molar-refractivity contribution in [2.45, 2.75) is 185 Å². The monoisotopic (exact) mass is 1110 g/mol. The van der Waals surface area contributed by atoms with Gasteiger partial charge in [0.25, 0.3) is 0 Å². The van der Waals surface area contributed by atoms with Crippen molar-refractivity contribution in [3.8, 4) is 0 Å². The van der Waals surface area contributed by atoms with Gasteiger partial charge in [-0.3, -0.25) is 19.2 Å². The van der Waals surface area contributed by atoms with Crippen LogP contribution >= 0.6 is 0 Å². The molecule has 0 aromatic rings. The Labute approximate surface area is 473 Å². The lowest BCUT2D eigenvalue weighted by molar-refractivity contribution is -0.870. The molecule has 16 heteroatoms. The van der Waals surface area contributed by atoms with Gasteiger partial charge in [0.1, 0.15) is 0 Å². The number of quaternary nitrogens is 4. The van der Waals surface area contributed by atoms with Crippen LogP contribution in [0.25, 0.3) is 0 Å². The van der Waals surface area contributed by atoms with Crippen molar-refractivity contribution in [3.63, 3.8) is 0 Å². The van der Waals surface area contributed by atoms with Crippen LogP contribution < -0.4 is 70.9 Å². The molecule has 0 saturated carbocycles. The highest BCUT2D eigenvalue weighted by Crippen LogP contribution is 2.20. The summed E-state index contributed by atoms with van der Waals surface area (Å²) in [5, 5.41) is 12.1. The molecule has 0 heterocycles. The molecule has 12 nitrogen and oxygen atoms in total. The Morgan fingerprint density at radius 1 is 0.347 bits per heavy atom. The zero-order valence-corrected chi connectivity index (χ0v) is 54.5. The molecule has 4 amide bonds. The second kappa shape index (κ2) is 48.3. The molecule has 0 bridgehead atoms. The number of unbranched alkanes of at least 4 members (excludes halogenated alkanes) is 10. The summed E-state index contributed by atoms with van der Waals surface area (Å²) in [6.07, 6.45) is 20.4. The van der Waals surface area contributed by atoms with Gasteiger partial charge in [-0.2, -0.15) is 0 Å². The van der Waals surface area contributed by atoms with Gasteiger partial charge in [0, 0.05) is 48.8 Å². The molecule has 0 aliphatic heterocycles. The lowest BCUT2D eigenvalue weighted by Gasteiger charge is -2.24. The molecule has 0 fully saturated rings. The number of amides is 4. The summed E-state index contributed by atoms with van der Waals surface area (Å²) in [5.74, 6) is 1.11. The third-order valence-electron chi connectivity index (χ3n) is 12.8. The Bertz CT molecular complexity index is 1280. The summed E-state index contributed by atoms with van der Waals surface area (Å²) in [5.41, 5.74) is -0.438. The number of hydrogen-bond donors (Lipinski definition) is 4. The zero-order valence-electron chi connectivity index (χ0n) is 51.5. The van der Waals surface area contributed by atoms with E-state index in [9.17, 15) is 19.2 Å². The first kappa shape index (κ1) is 87.5. The van der Waals surface area contributed by atoms with E-state index in [2.05, 4.69) is 127 Å². The van der Waals surface area contributed by atoms with Gasteiger partial charge in [0.05, 0.1) is 111 Å². The quantitative estimate of drug-likeness (QED) is 0.0429. The van der Waals surface area contributed by atoms with Gasteiger partial charge >= 0.3 is 0 Å².